The molecule has 0 unspecified atom stereocenters. The van der Waals surface area contributed by atoms with E-state index in [9.17, 15) is 4.79 Å². The van der Waals surface area contributed by atoms with E-state index < -0.39 is 0 Å². The Morgan fingerprint density at radius 2 is 2.00 bits per heavy atom. The number of anilines is 1. The molecule has 0 atom stereocenters. The average Bonchev–Trinajstić information content (AvgIpc) is 2.49. The molecule has 0 bridgehead atoms. The normalized spacial score (nSPS) is 18.7. The number of nitrogens with two attached hydrogens (primary N) is 1. The molecule has 4 nitrogen and oxygen atoms in total. The van der Waals surface area contributed by atoms with Crippen LogP contribution in [0.15, 0.2) is 30.3 Å². The number of nitrogens with one attached hydrogen (secondary N) is 1. The molecule has 1 fully saturated rings. The van der Waals surface area contributed by atoms with Gasteiger partial charge in [0, 0.05) is 30.1 Å². The molecule has 0 saturated carbocycles. The van der Waals surface area contributed by atoms with Crippen molar-refractivity contribution in [3.63, 3.8) is 0 Å². The summed E-state index contributed by atoms with van der Waals surface area (Å²) >= 11 is 1.86. The molecule has 0 aromatic heterocycles. The minimum absolute atomic E-state index is 0.0561. The molecule has 1 aromatic carbocycles. The zero-order valence-electron chi connectivity index (χ0n) is 12.0. The lowest BCUT2D eigenvalue weighted by Crippen LogP contribution is -2.48. The molecule has 1 aliphatic heterocycles. The van der Waals surface area contributed by atoms with E-state index >= 15 is 0 Å². The lowest BCUT2D eigenvalue weighted by Gasteiger charge is -2.39. The summed E-state index contributed by atoms with van der Waals surface area (Å²) < 4.78 is 0.215. The first-order chi connectivity index (χ1) is 9.67. The van der Waals surface area contributed by atoms with Crippen LogP contribution in [0.1, 0.15) is 12.8 Å². The second-order valence-electron chi connectivity index (χ2n) is 5.28. The van der Waals surface area contributed by atoms with Gasteiger partial charge in [0.2, 0.25) is 5.91 Å². The van der Waals surface area contributed by atoms with Crippen molar-refractivity contribution in [1.29, 1.82) is 0 Å². The van der Waals surface area contributed by atoms with Gasteiger partial charge in [-0.2, -0.15) is 11.8 Å². The van der Waals surface area contributed by atoms with Crippen molar-refractivity contribution in [3.05, 3.63) is 30.3 Å². The molecular formula is C15H23N3OS. The molecule has 0 aliphatic carbocycles. The van der Waals surface area contributed by atoms with Gasteiger partial charge in [-0.25, -0.2) is 0 Å². The number of hydrogen-bond donors (Lipinski definition) is 2. The van der Waals surface area contributed by atoms with E-state index in [0.717, 1.165) is 38.2 Å². The summed E-state index contributed by atoms with van der Waals surface area (Å²) in [5.74, 6) is 0.0561. The predicted molar refractivity (Wildman–Crippen MR) is 86.0 cm³/mol. The maximum Gasteiger partial charge on any atom is 0.238 e. The van der Waals surface area contributed by atoms with Crippen LogP contribution in [-0.4, -0.2) is 48.0 Å². The summed E-state index contributed by atoms with van der Waals surface area (Å²) in [4.78, 5) is 14.2. The van der Waals surface area contributed by atoms with Crippen LogP contribution in [0.2, 0.25) is 0 Å². The molecule has 1 saturated heterocycles. The Morgan fingerprint density at radius 1 is 1.35 bits per heavy atom. The SMILES string of the molecule is CSC1(CN)CCN(CC(=O)Nc2ccccc2)CC1. The van der Waals surface area contributed by atoms with Crippen molar-refractivity contribution in [2.24, 2.45) is 5.73 Å². The van der Waals surface area contributed by atoms with Gasteiger partial charge in [-0.15, -0.1) is 0 Å². The van der Waals surface area contributed by atoms with Gasteiger partial charge in [0.25, 0.3) is 0 Å². The first-order valence-corrected chi connectivity index (χ1v) is 8.22. The minimum atomic E-state index is 0.0561. The Balaban J connectivity index is 1.79. The predicted octanol–water partition coefficient (Wildman–Crippen LogP) is 1.78. The summed E-state index contributed by atoms with van der Waals surface area (Å²) in [6.45, 7) is 3.07. The number of para-hydroxylation sites is 1. The second-order valence-corrected chi connectivity index (χ2v) is 6.56. The first kappa shape index (κ1) is 15.4. The van der Waals surface area contributed by atoms with E-state index in [4.69, 9.17) is 5.73 Å². The van der Waals surface area contributed by atoms with Gasteiger partial charge in [-0.05, 0) is 31.2 Å². The van der Waals surface area contributed by atoms with Crippen molar-refractivity contribution < 1.29 is 4.79 Å². The molecule has 0 radical (unpaired) electrons. The molecule has 110 valence electrons. The van der Waals surface area contributed by atoms with Crippen LogP contribution in [0.3, 0.4) is 0 Å². The molecule has 5 heteroatoms. The third-order valence-electron chi connectivity index (χ3n) is 4.00. The summed E-state index contributed by atoms with van der Waals surface area (Å²) in [6.07, 6.45) is 4.25. The number of amides is 1. The van der Waals surface area contributed by atoms with Crippen LogP contribution < -0.4 is 11.1 Å². The highest BCUT2D eigenvalue weighted by atomic mass is 32.2. The first-order valence-electron chi connectivity index (χ1n) is 7.00. The summed E-state index contributed by atoms with van der Waals surface area (Å²) in [7, 11) is 0. The quantitative estimate of drug-likeness (QED) is 0.869. The van der Waals surface area contributed by atoms with Gasteiger partial charge in [-0.1, -0.05) is 18.2 Å². The Kier molecular flexibility index (Phi) is 5.46. The highest BCUT2D eigenvalue weighted by molar-refractivity contribution is 8.00. The van der Waals surface area contributed by atoms with E-state index in [0.29, 0.717) is 6.54 Å². The maximum atomic E-state index is 12.0. The van der Waals surface area contributed by atoms with E-state index in [1.165, 1.54) is 0 Å². The van der Waals surface area contributed by atoms with Crippen molar-refractivity contribution in [2.75, 3.05) is 37.8 Å². The molecule has 1 amide bonds. The highest BCUT2D eigenvalue weighted by Crippen LogP contribution is 2.33. The van der Waals surface area contributed by atoms with E-state index in [-0.39, 0.29) is 10.7 Å². The molecule has 1 heterocycles. The smallest absolute Gasteiger partial charge is 0.238 e. The number of carbonyl (C=O) groups excluding carboxylic acids is 1. The Morgan fingerprint density at radius 3 is 2.55 bits per heavy atom. The lowest BCUT2D eigenvalue weighted by atomic mass is 9.96. The largest absolute Gasteiger partial charge is 0.329 e. The fraction of sp³-hybridized carbons (Fsp3) is 0.533. The van der Waals surface area contributed by atoms with Crippen LogP contribution in [0.25, 0.3) is 0 Å². The van der Waals surface area contributed by atoms with Crippen LogP contribution in [-0.2, 0) is 4.79 Å². The van der Waals surface area contributed by atoms with E-state index in [1.807, 2.05) is 42.1 Å². The number of piperidine rings is 1. The third kappa shape index (κ3) is 3.98. The maximum absolute atomic E-state index is 12.0. The monoisotopic (exact) mass is 293 g/mol. The number of rotatable bonds is 5. The number of carbonyl (C=O) groups is 1. The lowest BCUT2D eigenvalue weighted by molar-refractivity contribution is -0.117. The second kappa shape index (κ2) is 7.11. The van der Waals surface area contributed by atoms with Gasteiger partial charge in [0.1, 0.15) is 0 Å². The van der Waals surface area contributed by atoms with Gasteiger partial charge in [0.15, 0.2) is 0 Å². The molecule has 20 heavy (non-hydrogen) atoms. The number of likely N-dealkylation sites (tertiary alicyclic amines) is 1. The molecule has 3 N–H and O–H groups in total. The zero-order chi connectivity index (χ0) is 14.4. The molecule has 0 spiro atoms. The topological polar surface area (TPSA) is 58.4 Å². The molecular weight excluding hydrogens is 270 g/mol. The number of thioether (sulfide) groups is 1. The molecule has 1 aromatic rings. The van der Waals surface area contributed by atoms with Gasteiger partial charge in [-0.3, -0.25) is 9.69 Å². The fourth-order valence-electron chi connectivity index (χ4n) is 2.54. The van der Waals surface area contributed by atoms with E-state index in [1.54, 1.807) is 0 Å². The van der Waals surface area contributed by atoms with Crippen molar-refractivity contribution in [2.45, 2.75) is 17.6 Å². The van der Waals surface area contributed by atoms with Crippen LogP contribution in [0.5, 0.6) is 0 Å². The summed E-state index contributed by atoms with van der Waals surface area (Å²) in [6, 6.07) is 9.59. The Labute approximate surface area is 125 Å². The van der Waals surface area contributed by atoms with Gasteiger partial charge in [0.05, 0.1) is 6.54 Å². The number of nitrogens with zero attached hydrogens (tertiary/aromatic N) is 1. The summed E-state index contributed by atoms with van der Waals surface area (Å²) in [5.41, 5.74) is 6.74. The molecule has 1 aliphatic rings. The highest BCUT2D eigenvalue weighted by Gasteiger charge is 2.32. The van der Waals surface area contributed by atoms with Crippen molar-refractivity contribution >= 4 is 23.4 Å². The van der Waals surface area contributed by atoms with E-state index in [2.05, 4.69) is 16.5 Å². The van der Waals surface area contributed by atoms with Gasteiger partial charge >= 0.3 is 0 Å². The van der Waals surface area contributed by atoms with Crippen molar-refractivity contribution in [3.8, 4) is 0 Å². The van der Waals surface area contributed by atoms with Crippen LogP contribution >= 0.6 is 11.8 Å². The van der Waals surface area contributed by atoms with Crippen LogP contribution in [0.4, 0.5) is 5.69 Å². The standard InChI is InChI=1S/C15H23N3OS/c1-20-15(12-16)7-9-18(10-8-15)11-14(19)17-13-5-3-2-4-6-13/h2-6H,7-12,16H2,1H3,(H,17,19). The Hall–Kier alpha value is -1.04. The van der Waals surface area contributed by atoms with Crippen LogP contribution in [0, 0.1) is 0 Å². The number of hydrogen-bond acceptors (Lipinski definition) is 4. The average molecular weight is 293 g/mol. The number of benzene rings is 1. The summed E-state index contributed by atoms with van der Waals surface area (Å²) in [5, 5.41) is 2.93. The third-order valence-corrected chi connectivity index (χ3v) is 5.44. The van der Waals surface area contributed by atoms with Gasteiger partial charge < -0.3 is 11.1 Å². The molecule has 2 rings (SSSR count). The minimum Gasteiger partial charge on any atom is -0.329 e. The van der Waals surface area contributed by atoms with Crippen molar-refractivity contribution in [1.82, 2.24) is 4.90 Å². The fourth-order valence-corrected chi connectivity index (χ4v) is 3.29. The Bertz CT molecular complexity index is 424. The zero-order valence-corrected chi connectivity index (χ0v) is 12.8.